The first kappa shape index (κ1) is 20.7. The summed E-state index contributed by atoms with van der Waals surface area (Å²) in [7, 11) is 0. The maximum Gasteiger partial charge on any atom is 0.233 e. The van der Waals surface area contributed by atoms with Gasteiger partial charge < -0.3 is 10.2 Å². The fraction of sp³-hybridized carbons (Fsp3) is 0.389. The van der Waals surface area contributed by atoms with Crippen molar-refractivity contribution in [1.82, 2.24) is 15.1 Å². The van der Waals surface area contributed by atoms with E-state index in [9.17, 15) is 4.79 Å². The van der Waals surface area contributed by atoms with Crippen LogP contribution in [0.2, 0.25) is 0 Å². The van der Waals surface area contributed by atoms with Crippen molar-refractivity contribution < 1.29 is 4.79 Å². The molecule has 0 saturated carbocycles. The third-order valence-electron chi connectivity index (χ3n) is 3.82. The molecule has 1 amide bonds. The summed E-state index contributed by atoms with van der Waals surface area (Å²) < 4.78 is 0.690. The molecular weight excluding hydrogens is 380 g/mol. The van der Waals surface area contributed by atoms with E-state index in [0.29, 0.717) is 22.6 Å². The molecule has 9 heteroatoms. The monoisotopic (exact) mass is 400 g/mol. The molecule has 1 aromatic carbocycles. The number of carbonyl (C=O) groups is 1. The number of thioether (sulfide) groups is 1. The van der Waals surface area contributed by atoms with Crippen LogP contribution < -0.4 is 5.32 Å². The molecule has 0 atom stereocenters. The molecule has 0 aliphatic heterocycles. The molecule has 1 N–H and O–H groups in total. The first-order chi connectivity index (χ1) is 13.0. The Morgan fingerprint density at radius 2 is 1.89 bits per heavy atom. The van der Waals surface area contributed by atoms with Crippen molar-refractivity contribution in [3.63, 3.8) is 0 Å². The van der Waals surface area contributed by atoms with E-state index in [1.54, 1.807) is 4.90 Å². The minimum Gasteiger partial charge on any atom is -0.340 e. The van der Waals surface area contributed by atoms with Gasteiger partial charge in [0.2, 0.25) is 11.0 Å². The van der Waals surface area contributed by atoms with Crippen LogP contribution in [0.3, 0.4) is 0 Å². The number of rotatable bonds is 9. The predicted octanol–water partition coefficient (Wildman–Crippen LogP) is 3.65. The summed E-state index contributed by atoms with van der Waals surface area (Å²) in [6, 6.07) is 10.1. The first-order valence-corrected chi connectivity index (χ1v) is 10.2. The molecule has 2 rings (SSSR count). The number of aryl methyl sites for hydroxylation is 2. The largest absolute Gasteiger partial charge is 0.340 e. The van der Waals surface area contributed by atoms with E-state index < -0.39 is 0 Å². The van der Waals surface area contributed by atoms with E-state index in [1.165, 1.54) is 34.2 Å². The second-order valence-corrected chi connectivity index (χ2v) is 7.98. The van der Waals surface area contributed by atoms with Crippen molar-refractivity contribution in [2.24, 2.45) is 0 Å². The van der Waals surface area contributed by atoms with Crippen LogP contribution >= 0.6 is 23.1 Å². The lowest BCUT2D eigenvalue weighted by Gasteiger charge is -2.19. The molecule has 7 nitrogen and oxygen atoms in total. The molecule has 0 radical (unpaired) electrons. The Morgan fingerprint density at radius 3 is 2.52 bits per heavy atom. The van der Waals surface area contributed by atoms with Crippen LogP contribution in [0.5, 0.6) is 0 Å². The minimum absolute atomic E-state index is 0.107. The first-order valence-electron chi connectivity index (χ1n) is 8.35. The molecule has 0 bridgehead atoms. The topological polar surface area (TPSA) is 106 Å². The third-order valence-corrected chi connectivity index (χ3v) is 5.78. The summed E-state index contributed by atoms with van der Waals surface area (Å²) in [6.07, 6.45) is 0.509. The highest BCUT2D eigenvalue weighted by molar-refractivity contribution is 8.01. The third kappa shape index (κ3) is 6.55. The lowest BCUT2D eigenvalue weighted by molar-refractivity contribution is -0.128. The predicted molar refractivity (Wildman–Crippen MR) is 107 cm³/mol. The molecule has 0 fully saturated rings. The van der Waals surface area contributed by atoms with Crippen molar-refractivity contribution in [2.75, 3.05) is 24.2 Å². The van der Waals surface area contributed by atoms with Gasteiger partial charge in [-0.05, 0) is 37.1 Å². The molecule has 0 aliphatic carbocycles. The fourth-order valence-electron chi connectivity index (χ4n) is 2.21. The van der Waals surface area contributed by atoms with Gasteiger partial charge in [-0.3, -0.25) is 4.79 Å². The summed E-state index contributed by atoms with van der Waals surface area (Å²) in [5, 5.41) is 29.5. The number of amides is 1. The number of hydrogen-bond acceptors (Lipinski definition) is 8. The lowest BCUT2D eigenvalue weighted by Crippen LogP contribution is -2.34. The number of hydrogen-bond donors (Lipinski definition) is 1. The maximum atomic E-state index is 12.3. The molecule has 0 unspecified atom stereocenters. The van der Waals surface area contributed by atoms with Crippen LogP contribution in [-0.4, -0.2) is 39.8 Å². The summed E-state index contributed by atoms with van der Waals surface area (Å²) in [5.41, 5.74) is 3.37. The second-order valence-electron chi connectivity index (χ2n) is 5.78. The van der Waals surface area contributed by atoms with E-state index in [2.05, 4.69) is 35.4 Å². The molecule has 2 aromatic rings. The van der Waals surface area contributed by atoms with E-state index in [1.807, 2.05) is 24.3 Å². The number of aromatic nitrogens is 2. The van der Waals surface area contributed by atoms with Gasteiger partial charge >= 0.3 is 0 Å². The molecule has 1 aromatic heterocycles. The van der Waals surface area contributed by atoms with Crippen molar-refractivity contribution in [3.8, 4) is 12.1 Å². The SMILES string of the molecule is Cc1ccc(Nc2nnc(SCC(=O)N(CCC#N)CCC#N)s2)cc1C. The second kappa shape index (κ2) is 10.5. The van der Waals surface area contributed by atoms with E-state index in [0.717, 1.165) is 5.69 Å². The molecule has 0 aliphatic rings. The Hall–Kier alpha value is -2.62. The lowest BCUT2D eigenvalue weighted by atomic mass is 10.1. The van der Waals surface area contributed by atoms with Gasteiger partial charge in [-0.25, -0.2) is 0 Å². The van der Waals surface area contributed by atoms with Gasteiger partial charge in [-0.1, -0.05) is 29.2 Å². The molecule has 0 spiro atoms. The summed E-state index contributed by atoms with van der Waals surface area (Å²) in [5.74, 6) is 0.0964. The van der Waals surface area contributed by atoms with Crippen molar-refractivity contribution in [3.05, 3.63) is 29.3 Å². The molecule has 0 saturated heterocycles. The zero-order chi connectivity index (χ0) is 19.6. The van der Waals surface area contributed by atoms with Crippen LogP contribution in [0.4, 0.5) is 10.8 Å². The van der Waals surface area contributed by atoms with Crippen molar-refractivity contribution in [1.29, 1.82) is 10.5 Å². The molecule has 1 heterocycles. The average Bonchev–Trinajstić information content (AvgIpc) is 3.10. The highest BCUT2D eigenvalue weighted by atomic mass is 32.2. The van der Waals surface area contributed by atoms with Gasteiger partial charge in [-0.15, -0.1) is 10.2 Å². The summed E-state index contributed by atoms with van der Waals surface area (Å²) in [4.78, 5) is 13.9. The Kier molecular flexibility index (Phi) is 8.05. The Balaban J connectivity index is 1.90. The van der Waals surface area contributed by atoms with Gasteiger partial charge in [0.05, 0.1) is 30.7 Å². The summed E-state index contributed by atoms with van der Waals surface area (Å²) in [6.45, 7) is 4.80. The van der Waals surface area contributed by atoms with Crippen molar-refractivity contribution >= 4 is 39.8 Å². The van der Waals surface area contributed by atoms with Crippen LogP contribution in [0.1, 0.15) is 24.0 Å². The number of nitrogens with zero attached hydrogens (tertiary/aromatic N) is 5. The van der Waals surface area contributed by atoms with Gasteiger partial charge in [0.25, 0.3) is 0 Å². The fourth-order valence-corrected chi connectivity index (χ4v) is 3.88. The maximum absolute atomic E-state index is 12.3. The number of benzene rings is 1. The Bertz CT molecular complexity index is 849. The Labute approximate surface area is 167 Å². The Morgan fingerprint density at radius 1 is 1.19 bits per heavy atom. The van der Waals surface area contributed by atoms with E-state index in [-0.39, 0.29) is 24.5 Å². The van der Waals surface area contributed by atoms with Crippen LogP contribution in [0.25, 0.3) is 0 Å². The summed E-state index contributed by atoms with van der Waals surface area (Å²) >= 11 is 2.69. The zero-order valence-corrected chi connectivity index (χ0v) is 16.9. The number of nitrogens with one attached hydrogen (secondary N) is 1. The molecule has 27 heavy (non-hydrogen) atoms. The normalized spacial score (nSPS) is 10.1. The van der Waals surface area contributed by atoms with Crippen LogP contribution in [-0.2, 0) is 4.79 Å². The average molecular weight is 401 g/mol. The highest BCUT2D eigenvalue weighted by Crippen LogP contribution is 2.28. The van der Waals surface area contributed by atoms with Crippen molar-refractivity contribution in [2.45, 2.75) is 31.0 Å². The van der Waals surface area contributed by atoms with Gasteiger partial charge in [0.15, 0.2) is 4.34 Å². The van der Waals surface area contributed by atoms with E-state index >= 15 is 0 Å². The minimum atomic E-state index is -0.107. The highest BCUT2D eigenvalue weighted by Gasteiger charge is 2.15. The van der Waals surface area contributed by atoms with E-state index in [4.69, 9.17) is 10.5 Å². The van der Waals surface area contributed by atoms with Gasteiger partial charge in [0.1, 0.15) is 0 Å². The number of nitriles is 2. The quantitative estimate of drug-likeness (QED) is 0.640. The van der Waals surface area contributed by atoms with Crippen LogP contribution in [0, 0.1) is 36.5 Å². The molecular formula is C18H20N6OS2. The molecule has 140 valence electrons. The van der Waals surface area contributed by atoms with Gasteiger partial charge in [0, 0.05) is 18.8 Å². The van der Waals surface area contributed by atoms with Gasteiger partial charge in [-0.2, -0.15) is 10.5 Å². The number of carbonyl (C=O) groups excluding carboxylic acids is 1. The van der Waals surface area contributed by atoms with Crippen LogP contribution in [0.15, 0.2) is 22.5 Å². The standard InChI is InChI=1S/C18H20N6OS2/c1-13-5-6-15(11-14(13)2)21-17-22-23-18(27-17)26-12-16(25)24(9-3-7-19)10-4-8-20/h5-6,11H,3-4,9-10,12H2,1-2H3,(H,21,22). The number of anilines is 2. The smallest absolute Gasteiger partial charge is 0.233 e. The zero-order valence-electron chi connectivity index (χ0n) is 15.2.